The molecule has 1 N–H and O–H groups in total. The van der Waals surface area contributed by atoms with Crippen molar-refractivity contribution >= 4 is 23.5 Å². The lowest BCUT2D eigenvalue weighted by Gasteiger charge is -2.30. The fourth-order valence-corrected chi connectivity index (χ4v) is 2.15. The van der Waals surface area contributed by atoms with Gasteiger partial charge in [-0.3, -0.25) is 14.9 Å². The summed E-state index contributed by atoms with van der Waals surface area (Å²) in [6.07, 6.45) is 0.458. The maximum absolute atomic E-state index is 13.7. The SMILES string of the molecule is O=C1NC(=O)C2(CC2)C(=O)N1c1ccc(F)c(F)c1F. The molecule has 1 aliphatic heterocycles. The van der Waals surface area contributed by atoms with Crippen LogP contribution in [0.25, 0.3) is 0 Å². The Bertz CT molecular complexity index is 670. The van der Waals surface area contributed by atoms with Crippen molar-refractivity contribution in [1.82, 2.24) is 5.32 Å². The summed E-state index contributed by atoms with van der Waals surface area (Å²) >= 11 is 0. The molecule has 5 nitrogen and oxygen atoms in total. The van der Waals surface area contributed by atoms with Gasteiger partial charge in [-0.25, -0.2) is 22.9 Å². The Labute approximate surface area is 110 Å². The lowest BCUT2D eigenvalue weighted by Crippen LogP contribution is -2.59. The van der Waals surface area contributed by atoms with Crippen molar-refractivity contribution in [2.45, 2.75) is 12.8 Å². The van der Waals surface area contributed by atoms with Crippen LogP contribution in [0, 0.1) is 22.9 Å². The summed E-state index contributed by atoms with van der Waals surface area (Å²) in [4.78, 5) is 35.7. The summed E-state index contributed by atoms with van der Waals surface area (Å²) in [7, 11) is 0. The Morgan fingerprint density at radius 3 is 2.30 bits per heavy atom. The third-order valence-corrected chi connectivity index (χ3v) is 3.48. The van der Waals surface area contributed by atoms with Crippen LogP contribution in [-0.4, -0.2) is 17.8 Å². The highest BCUT2D eigenvalue weighted by molar-refractivity contribution is 6.31. The van der Waals surface area contributed by atoms with Gasteiger partial charge < -0.3 is 0 Å². The molecule has 0 aromatic heterocycles. The summed E-state index contributed by atoms with van der Waals surface area (Å²) in [5, 5.41) is 1.92. The number of halogens is 3. The molecule has 8 heteroatoms. The van der Waals surface area contributed by atoms with Crippen LogP contribution >= 0.6 is 0 Å². The standard InChI is InChI=1S/C12H7F3N2O3/c13-5-1-2-6(8(15)7(5)14)17-10(19)12(3-4-12)9(18)16-11(17)20/h1-2H,3-4H2,(H,16,18,20). The fraction of sp³-hybridized carbons (Fsp3) is 0.250. The van der Waals surface area contributed by atoms with Crippen LogP contribution in [0.4, 0.5) is 23.7 Å². The van der Waals surface area contributed by atoms with Gasteiger partial charge in [-0.1, -0.05) is 0 Å². The van der Waals surface area contributed by atoms with E-state index in [1.807, 2.05) is 5.32 Å². The minimum Gasteiger partial charge on any atom is -0.276 e. The van der Waals surface area contributed by atoms with E-state index in [4.69, 9.17) is 0 Å². The summed E-state index contributed by atoms with van der Waals surface area (Å²) in [5.41, 5.74) is -2.10. The zero-order valence-electron chi connectivity index (χ0n) is 9.87. The number of hydrogen-bond donors (Lipinski definition) is 1. The van der Waals surface area contributed by atoms with E-state index in [1.54, 1.807) is 0 Å². The number of nitrogens with one attached hydrogen (secondary N) is 1. The third-order valence-electron chi connectivity index (χ3n) is 3.48. The quantitative estimate of drug-likeness (QED) is 0.627. The summed E-state index contributed by atoms with van der Waals surface area (Å²) < 4.78 is 39.8. The van der Waals surface area contributed by atoms with E-state index in [0.29, 0.717) is 11.0 Å². The van der Waals surface area contributed by atoms with Gasteiger partial charge in [0, 0.05) is 0 Å². The Morgan fingerprint density at radius 1 is 1.05 bits per heavy atom. The maximum Gasteiger partial charge on any atom is 0.335 e. The first-order chi connectivity index (χ1) is 9.38. The van der Waals surface area contributed by atoms with E-state index < -0.39 is 46.4 Å². The largest absolute Gasteiger partial charge is 0.335 e. The van der Waals surface area contributed by atoms with Gasteiger partial charge in [0.05, 0.1) is 5.69 Å². The molecule has 0 radical (unpaired) electrons. The molecule has 1 aromatic rings. The van der Waals surface area contributed by atoms with Crippen molar-refractivity contribution in [3.8, 4) is 0 Å². The van der Waals surface area contributed by atoms with Crippen molar-refractivity contribution in [3.05, 3.63) is 29.6 Å². The Balaban J connectivity index is 2.10. The lowest BCUT2D eigenvalue weighted by molar-refractivity contribution is -0.136. The number of carbonyl (C=O) groups is 3. The number of barbiturate groups is 1. The highest BCUT2D eigenvalue weighted by Crippen LogP contribution is 2.49. The van der Waals surface area contributed by atoms with Gasteiger partial charge in [-0.05, 0) is 25.0 Å². The molecule has 1 heterocycles. The maximum atomic E-state index is 13.7. The summed E-state index contributed by atoms with van der Waals surface area (Å²) in [6.45, 7) is 0. The molecule has 3 rings (SSSR count). The predicted molar refractivity (Wildman–Crippen MR) is 59.0 cm³/mol. The van der Waals surface area contributed by atoms with Crippen LogP contribution in [0.1, 0.15) is 12.8 Å². The summed E-state index contributed by atoms with van der Waals surface area (Å²) in [5.74, 6) is -6.54. The first-order valence-electron chi connectivity index (χ1n) is 5.72. The van der Waals surface area contributed by atoms with Crippen molar-refractivity contribution < 1.29 is 27.6 Å². The fourth-order valence-electron chi connectivity index (χ4n) is 2.15. The van der Waals surface area contributed by atoms with Gasteiger partial charge in [-0.2, -0.15) is 0 Å². The molecular weight excluding hydrogens is 277 g/mol. The molecule has 1 aromatic carbocycles. The topological polar surface area (TPSA) is 66.5 Å². The van der Waals surface area contributed by atoms with Gasteiger partial charge in [-0.15, -0.1) is 0 Å². The van der Waals surface area contributed by atoms with Crippen LogP contribution in [0.15, 0.2) is 12.1 Å². The number of urea groups is 1. The molecule has 2 fully saturated rings. The Hall–Kier alpha value is -2.38. The third kappa shape index (κ3) is 1.47. The van der Waals surface area contributed by atoms with Crippen LogP contribution in [0.3, 0.4) is 0 Å². The van der Waals surface area contributed by atoms with Gasteiger partial charge >= 0.3 is 6.03 Å². The van der Waals surface area contributed by atoms with E-state index in [0.717, 1.165) is 6.07 Å². The van der Waals surface area contributed by atoms with Crippen molar-refractivity contribution in [3.63, 3.8) is 0 Å². The van der Waals surface area contributed by atoms with E-state index >= 15 is 0 Å². The molecule has 20 heavy (non-hydrogen) atoms. The molecule has 104 valence electrons. The second kappa shape index (κ2) is 3.81. The number of anilines is 1. The highest BCUT2D eigenvalue weighted by Gasteiger charge is 2.62. The Kier molecular flexibility index (Phi) is 2.41. The smallest absolute Gasteiger partial charge is 0.276 e. The number of imide groups is 2. The predicted octanol–water partition coefficient (Wildman–Crippen LogP) is 1.47. The molecule has 0 atom stereocenters. The van der Waals surface area contributed by atoms with Crippen LogP contribution in [0.5, 0.6) is 0 Å². The average molecular weight is 284 g/mol. The van der Waals surface area contributed by atoms with E-state index in [1.165, 1.54) is 0 Å². The minimum atomic E-state index is -1.79. The second-order valence-electron chi connectivity index (χ2n) is 4.68. The average Bonchev–Trinajstić information content (AvgIpc) is 3.18. The van der Waals surface area contributed by atoms with E-state index in [9.17, 15) is 27.6 Å². The van der Waals surface area contributed by atoms with Crippen molar-refractivity contribution in [2.75, 3.05) is 4.90 Å². The van der Waals surface area contributed by atoms with Gasteiger partial charge in [0.1, 0.15) is 5.41 Å². The molecule has 0 bridgehead atoms. The van der Waals surface area contributed by atoms with E-state index in [2.05, 4.69) is 0 Å². The second-order valence-corrected chi connectivity index (χ2v) is 4.68. The number of benzene rings is 1. The Morgan fingerprint density at radius 2 is 1.70 bits per heavy atom. The summed E-state index contributed by atoms with van der Waals surface area (Å²) in [6, 6.07) is 0.198. The van der Waals surface area contributed by atoms with Crippen LogP contribution in [-0.2, 0) is 9.59 Å². The molecule has 4 amide bonds. The zero-order valence-corrected chi connectivity index (χ0v) is 9.87. The zero-order chi connectivity index (χ0) is 14.7. The van der Waals surface area contributed by atoms with E-state index in [-0.39, 0.29) is 12.8 Å². The van der Waals surface area contributed by atoms with Crippen molar-refractivity contribution in [1.29, 1.82) is 0 Å². The highest BCUT2D eigenvalue weighted by atomic mass is 19.2. The number of rotatable bonds is 1. The molecule has 1 spiro atoms. The van der Waals surface area contributed by atoms with Gasteiger partial charge in [0.25, 0.3) is 5.91 Å². The minimum absolute atomic E-state index is 0.229. The number of amides is 4. The van der Waals surface area contributed by atoms with Crippen LogP contribution in [0.2, 0.25) is 0 Å². The van der Waals surface area contributed by atoms with Crippen LogP contribution < -0.4 is 10.2 Å². The first-order valence-corrected chi connectivity index (χ1v) is 5.72. The van der Waals surface area contributed by atoms with Gasteiger partial charge in [0.15, 0.2) is 17.5 Å². The van der Waals surface area contributed by atoms with Crippen molar-refractivity contribution in [2.24, 2.45) is 5.41 Å². The normalized spacial score (nSPS) is 20.4. The number of carbonyl (C=O) groups excluding carboxylic acids is 3. The molecule has 0 unspecified atom stereocenters. The molecule has 1 aliphatic carbocycles. The monoisotopic (exact) mass is 284 g/mol. The molecule has 1 saturated carbocycles. The number of nitrogens with zero attached hydrogens (tertiary/aromatic N) is 1. The molecule has 2 aliphatic rings. The van der Waals surface area contributed by atoms with Gasteiger partial charge in [0.2, 0.25) is 5.91 Å². The molecular formula is C12H7F3N2O3. The first kappa shape index (κ1) is 12.6. The lowest BCUT2D eigenvalue weighted by atomic mass is 10.0. The molecule has 1 saturated heterocycles. The number of hydrogen-bond acceptors (Lipinski definition) is 3.